The van der Waals surface area contributed by atoms with Crippen LogP contribution in [0.3, 0.4) is 0 Å². The highest BCUT2D eigenvalue weighted by molar-refractivity contribution is 7.10. The smallest absolute Gasteiger partial charge is 0.227 e. The molecule has 2 aromatic rings. The maximum Gasteiger partial charge on any atom is 0.227 e. The molecule has 2 heterocycles. The van der Waals surface area contributed by atoms with E-state index in [0.29, 0.717) is 13.0 Å². The zero-order valence-corrected chi connectivity index (χ0v) is 11.3. The number of amides is 1. The number of thiophene rings is 1. The molecule has 2 rings (SSSR count). The lowest BCUT2D eigenvalue weighted by Crippen LogP contribution is -2.34. The van der Waals surface area contributed by atoms with Gasteiger partial charge in [0.15, 0.2) is 0 Å². The maximum atomic E-state index is 12.1. The van der Waals surface area contributed by atoms with Gasteiger partial charge in [0.2, 0.25) is 5.91 Å². The van der Waals surface area contributed by atoms with Crippen molar-refractivity contribution in [3.05, 3.63) is 40.8 Å². The van der Waals surface area contributed by atoms with E-state index in [9.17, 15) is 4.79 Å². The summed E-state index contributed by atoms with van der Waals surface area (Å²) in [5, 5.41) is 6.14. The van der Waals surface area contributed by atoms with E-state index in [4.69, 9.17) is 0 Å². The van der Waals surface area contributed by atoms with E-state index in [1.807, 2.05) is 46.3 Å². The second-order valence-electron chi connectivity index (χ2n) is 4.00. The van der Waals surface area contributed by atoms with Crippen LogP contribution in [0.25, 0.3) is 0 Å². The maximum absolute atomic E-state index is 12.1. The Kier molecular flexibility index (Phi) is 4.52. The Morgan fingerprint density at radius 2 is 2.39 bits per heavy atom. The van der Waals surface area contributed by atoms with Crippen LogP contribution in [0.5, 0.6) is 0 Å². The van der Waals surface area contributed by atoms with Crippen molar-refractivity contribution in [2.75, 3.05) is 13.1 Å². The Bertz CT molecular complexity index is 464. The van der Waals surface area contributed by atoms with Crippen LogP contribution in [-0.2, 0) is 17.8 Å². The minimum atomic E-state index is 0.187. The standard InChI is InChI=1S/C13H17N3OS/c1-2-15(8-9-16-7-4-6-14-16)13(17)11-12-5-3-10-18-12/h3-7,10H,2,8-9,11H2,1H3. The van der Waals surface area contributed by atoms with Crippen LogP contribution in [0.15, 0.2) is 36.0 Å². The van der Waals surface area contributed by atoms with Crippen molar-refractivity contribution in [3.8, 4) is 0 Å². The van der Waals surface area contributed by atoms with Gasteiger partial charge in [0.05, 0.1) is 13.0 Å². The Hall–Kier alpha value is -1.62. The molecule has 1 amide bonds. The van der Waals surface area contributed by atoms with Gasteiger partial charge in [-0.1, -0.05) is 6.07 Å². The lowest BCUT2D eigenvalue weighted by Gasteiger charge is -2.20. The summed E-state index contributed by atoms with van der Waals surface area (Å²) >= 11 is 1.63. The SMILES string of the molecule is CCN(CCn1cccn1)C(=O)Cc1cccs1. The van der Waals surface area contributed by atoms with Crippen LogP contribution in [0.2, 0.25) is 0 Å². The first-order valence-electron chi connectivity index (χ1n) is 6.07. The van der Waals surface area contributed by atoms with Gasteiger partial charge in [-0.05, 0) is 24.4 Å². The van der Waals surface area contributed by atoms with Crippen LogP contribution >= 0.6 is 11.3 Å². The normalized spacial score (nSPS) is 10.5. The van der Waals surface area contributed by atoms with E-state index in [-0.39, 0.29) is 5.91 Å². The molecule has 0 atom stereocenters. The van der Waals surface area contributed by atoms with Crippen LogP contribution in [0.4, 0.5) is 0 Å². The highest BCUT2D eigenvalue weighted by Crippen LogP contribution is 2.10. The first-order valence-corrected chi connectivity index (χ1v) is 6.95. The Labute approximate surface area is 111 Å². The van der Waals surface area contributed by atoms with Crippen molar-refractivity contribution in [2.45, 2.75) is 19.9 Å². The summed E-state index contributed by atoms with van der Waals surface area (Å²) in [7, 11) is 0. The van der Waals surface area contributed by atoms with Crippen LogP contribution < -0.4 is 0 Å². The number of likely N-dealkylation sites (N-methyl/N-ethyl adjacent to an activating group) is 1. The summed E-state index contributed by atoms with van der Waals surface area (Å²) in [6, 6.07) is 5.88. The van der Waals surface area contributed by atoms with Crippen LogP contribution in [0, 0.1) is 0 Å². The topological polar surface area (TPSA) is 38.1 Å². The van der Waals surface area contributed by atoms with E-state index in [1.54, 1.807) is 17.5 Å². The Morgan fingerprint density at radius 3 is 3.00 bits per heavy atom. The van der Waals surface area contributed by atoms with Gasteiger partial charge in [-0.15, -0.1) is 11.3 Å². The molecule has 0 bridgehead atoms. The molecule has 0 radical (unpaired) electrons. The first-order chi connectivity index (χ1) is 8.79. The molecule has 0 unspecified atom stereocenters. The van der Waals surface area contributed by atoms with E-state index >= 15 is 0 Å². The predicted octanol–water partition coefficient (Wildman–Crippen LogP) is 2.04. The molecule has 0 aliphatic heterocycles. The second kappa shape index (κ2) is 6.35. The van der Waals surface area contributed by atoms with E-state index in [2.05, 4.69) is 5.10 Å². The van der Waals surface area contributed by atoms with Crippen molar-refractivity contribution in [1.29, 1.82) is 0 Å². The summed E-state index contributed by atoms with van der Waals surface area (Å²) in [5.41, 5.74) is 0. The number of nitrogens with zero attached hydrogens (tertiary/aromatic N) is 3. The van der Waals surface area contributed by atoms with Gasteiger partial charge >= 0.3 is 0 Å². The zero-order valence-electron chi connectivity index (χ0n) is 10.5. The molecule has 0 aliphatic rings. The fourth-order valence-electron chi connectivity index (χ4n) is 1.79. The quantitative estimate of drug-likeness (QED) is 0.800. The third-order valence-electron chi connectivity index (χ3n) is 2.80. The van der Waals surface area contributed by atoms with Crippen molar-refractivity contribution >= 4 is 17.2 Å². The first kappa shape index (κ1) is 12.8. The number of hydrogen-bond donors (Lipinski definition) is 0. The monoisotopic (exact) mass is 263 g/mol. The molecule has 5 heteroatoms. The predicted molar refractivity (Wildman–Crippen MR) is 72.5 cm³/mol. The Morgan fingerprint density at radius 1 is 1.50 bits per heavy atom. The van der Waals surface area contributed by atoms with Crippen molar-refractivity contribution in [3.63, 3.8) is 0 Å². The molecule has 0 aromatic carbocycles. The number of hydrogen-bond acceptors (Lipinski definition) is 3. The third-order valence-corrected chi connectivity index (χ3v) is 3.67. The van der Waals surface area contributed by atoms with Crippen molar-refractivity contribution in [1.82, 2.24) is 14.7 Å². The second-order valence-corrected chi connectivity index (χ2v) is 5.03. The molecular weight excluding hydrogens is 246 g/mol. The zero-order chi connectivity index (χ0) is 12.8. The van der Waals surface area contributed by atoms with Gasteiger partial charge in [-0.2, -0.15) is 5.10 Å². The fourth-order valence-corrected chi connectivity index (χ4v) is 2.48. The third kappa shape index (κ3) is 3.43. The highest BCUT2D eigenvalue weighted by Gasteiger charge is 2.12. The van der Waals surface area contributed by atoms with E-state index in [0.717, 1.165) is 18.0 Å². The molecule has 0 spiro atoms. The van der Waals surface area contributed by atoms with Crippen LogP contribution in [0.1, 0.15) is 11.8 Å². The molecule has 0 N–H and O–H groups in total. The van der Waals surface area contributed by atoms with E-state index < -0.39 is 0 Å². The molecule has 0 aliphatic carbocycles. The lowest BCUT2D eigenvalue weighted by molar-refractivity contribution is -0.130. The minimum absolute atomic E-state index is 0.187. The van der Waals surface area contributed by atoms with Gasteiger partial charge in [0, 0.05) is 30.4 Å². The lowest BCUT2D eigenvalue weighted by atomic mass is 10.3. The number of carbonyl (C=O) groups is 1. The van der Waals surface area contributed by atoms with Gasteiger partial charge in [-0.3, -0.25) is 9.48 Å². The molecule has 0 fully saturated rings. The minimum Gasteiger partial charge on any atom is -0.341 e. The molecule has 0 saturated carbocycles. The summed E-state index contributed by atoms with van der Waals surface area (Å²) < 4.78 is 1.85. The van der Waals surface area contributed by atoms with Crippen molar-refractivity contribution < 1.29 is 4.79 Å². The summed E-state index contributed by atoms with van der Waals surface area (Å²) in [6.07, 6.45) is 4.17. The summed E-state index contributed by atoms with van der Waals surface area (Å²) in [5.74, 6) is 0.187. The van der Waals surface area contributed by atoms with Crippen molar-refractivity contribution in [2.24, 2.45) is 0 Å². The van der Waals surface area contributed by atoms with E-state index in [1.165, 1.54) is 0 Å². The molecule has 18 heavy (non-hydrogen) atoms. The molecule has 0 saturated heterocycles. The number of carbonyl (C=O) groups excluding carboxylic acids is 1. The molecular formula is C13H17N3OS. The summed E-state index contributed by atoms with van der Waals surface area (Å²) in [4.78, 5) is 15.1. The van der Waals surface area contributed by atoms with Gasteiger partial charge < -0.3 is 4.90 Å². The average molecular weight is 263 g/mol. The van der Waals surface area contributed by atoms with Gasteiger partial charge in [-0.25, -0.2) is 0 Å². The number of rotatable bonds is 6. The Balaban J connectivity index is 1.85. The fraction of sp³-hybridized carbons (Fsp3) is 0.385. The summed E-state index contributed by atoms with van der Waals surface area (Å²) in [6.45, 7) is 4.21. The average Bonchev–Trinajstić information content (AvgIpc) is 3.02. The number of aromatic nitrogens is 2. The van der Waals surface area contributed by atoms with Crippen LogP contribution in [-0.4, -0.2) is 33.7 Å². The van der Waals surface area contributed by atoms with Gasteiger partial charge in [0.25, 0.3) is 0 Å². The molecule has 2 aromatic heterocycles. The molecule has 96 valence electrons. The highest BCUT2D eigenvalue weighted by atomic mass is 32.1. The largest absolute Gasteiger partial charge is 0.341 e. The van der Waals surface area contributed by atoms with Gasteiger partial charge in [0.1, 0.15) is 0 Å². The molecule has 4 nitrogen and oxygen atoms in total.